The molecule has 20 heavy (non-hydrogen) atoms. The molecule has 0 amide bonds. The van der Waals surface area contributed by atoms with Crippen LogP contribution in [0.2, 0.25) is 0 Å². The van der Waals surface area contributed by atoms with Crippen molar-refractivity contribution in [3.8, 4) is 5.75 Å². The van der Waals surface area contributed by atoms with Gasteiger partial charge in [0.1, 0.15) is 5.75 Å². The molecule has 3 N–H and O–H groups in total. The summed E-state index contributed by atoms with van der Waals surface area (Å²) in [5, 5.41) is 0. The van der Waals surface area contributed by atoms with Crippen molar-refractivity contribution in [1.82, 2.24) is 0 Å². The summed E-state index contributed by atoms with van der Waals surface area (Å²) in [6.45, 7) is 0. The minimum atomic E-state index is -3.56. The van der Waals surface area contributed by atoms with E-state index in [4.69, 9.17) is 10.5 Å². The van der Waals surface area contributed by atoms with Crippen molar-refractivity contribution in [2.75, 3.05) is 30.4 Å². The molecule has 0 atom stereocenters. The number of nitrogens with one attached hydrogen (secondary N) is 1. The van der Waals surface area contributed by atoms with Crippen molar-refractivity contribution >= 4 is 27.4 Å². The predicted octanol–water partition coefficient (Wildman–Crippen LogP) is 0.972. The van der Waals surface area contributed by atoms with Crippen LogP contribution in [-0.4, -0.2) is 34.4 Å². The van der Waals surface area contributed by atoms with Crippen molar-refractivity contribution in [3.63, 3.8) is 0 Å². The van der Waals surface area contributed by atoms with Crippen molar-refractivity contribution in [3.05, 3.63) is 18.2 Å². The molecule has 112 valence electrons. The first-order valence-corrected chi connectivity index (χ1v) is 7.54. The van der Waals surface area contributed by atoms with E-state index in [2.05, 4.69) is 9.46 Å². The van der Waals surface area contributed by atoms with Gasteiger partial charge in [-0.1, -0.05) is 0 Å². The molecule has 0 fully saturated rings. The number of sulfonamides is 1. The molecule has 0 radical (unpaired) electrons. The van der Waals surface area contributed by atoms with Crippen LogP contribution < -0.4 is 15.2 Å². The SMILES string of the molecule is COC(=O)CCCS(=O)(=O)Nc1ccc(OC)cc1N. The van der Waals surface area contributed by atoms with Crippen LogP contribution in [0.4, 0.5) is 11.4 Å². The van der Waals surface area contributed by atoms with Crippen LogP contribution in [0.5, 0.6) is 5.75 Å². The highest BCUT2D eigenvalue weighted by atomic mass is 32.2. The summed E-state index contributed by atoms with van der Waals surface area (Å²) < 4.78 is 35.4. The monoisotopic (exact) mass is 302 g/mol. The Morgan fingerprint density at radius 1 is 1.35 bits per heavy atom. The second-order valence-electron chi connectivity index (χ2n) is 4.05. The van der Waals surface area contributed by atoms with Gasteiger partial charge in [-0.2, -0.15) is 0 Å². The van der Waals surface area contributed by atoms with E-state index in [0.29, 0.717) is 5.75 Å². The summed E-state index contributed by atoms with van der Waals surface area (Å²) >= 11 is 0. The van der Waals surface area contributed by atoms with Crippen LogP contribution in [0.15, 0.2) is 18.2 Å². The molecule has 7 nitrogen and oxygen atoms in total. The van der Waals surface area contributed by atoms with Crippen molar-refractivity contribution in [2.24, 2.45) is 0 Å². The first-order valence-electron chi connectivity index (χ1n) is 5.89. The number of hydrogen-bond donors (Lipinski definition) is 2. The van der Waals surface area contributed by atoms with E-state index in [1.807, 2.05) is 0 Å². The maximum absolute atomic E-state index is 11.8. The minimum absolute atomic E-state index is 0.0511. The largest absolute Gasteiger partial charge is 0.497 e. The van der Waals surface area contributed by atoms with E-state index in [1.54, 1.807) is 6.07 Å². The van der Waals surface area contributed by atoms with Gasteiger partial charge in [0.2, 0.25) is 10.0 Å². The smallest absolute Gasteiger partial charge is 0.305 e. The number of benzene rings is 1. The average molecular weight is 302 g/mol. The van der Waals surface area contributed by atoms with E-state index >= 15 is 0 Å². The molecular formula is C12H18N2O5S. The third kappa shape index (κ3) is 4.96. The second-order valence-corrected chi connectivity index (χ2v) is 5.90. The van der Waals surface area contributed by atoms with Gasteiger partial charge < -0.3 is 15.2 Å². The topological polar surface area (TPSA) is 108 Å². The van der Waals surface area contributed by atoms with Gasteiger partial charge in [-0.3, -0.25) is 9.52 Å². The third-order valence-electron chi connectivity index (χ3n) is 2.55. The molecule has 0 unspecified atom stereocenters. The van der Waals surface area contributed by atoms with Crippen molar-refractivity contribution in [1.29, 1.82) is 0 Å². The molecule has 1 aromatic rings. The van der Waals surface area contributed by atoms with Gasteiger partial charge in [0.15, 0.2) is 0 Å². The molecule has 0 bridgehead atoms. The molecule has 0 heterocycles. The number of esters is 1. The van der Waals surface area contributed by atoms with Crippen LogP contribution in [0.3, 0.4) is 0 Å². The second kappa shape index (κ2) is 6.99. The zero-order valence-electron chi connectivity index (χ0n) is 11.4. The number of anilines is 2. The number of carbonyl (C=O) groups excluding carboxylic acids is 1. The Morgan fingerprint density at radius 2 is 2.05 bits per heavy atom. The number of carbonyl (C=O) groups is 1. The lowest BCUT2D eigenvalue weighted by atomic mass is 10.2. The molecule has 0 saturated heterocycles. The fourth-order valence-corrected chi connectivity index (χ4v) is 2.64. The molecule has 8 heteroatoms. The summed E-state index contributed by atoms with van der Waals surface area (Å²) in [6, 6.07) is 4.64. The Hall–Kier alpha value is -1.96. The van der Waals surface area contributed by atoms with E-state index in [-0.39, 0.29) is 30.0 Å². The summed E-state index contributed by atoms with van der Waals surface area (Å²) in [4.78, 5) is 10.9. The molecule has 0 aliphatic rings. The average Bonchev–Trinajstić information content (AvgIpc) is 2.40. The summed E-state index contributed by atoms with van der Waals surface area (Å²) in [5.41, 5.74) is 6.27. The fourth-order valence-electron chi connectivity index (χ4n) is 1.49. The maximum Gasteiger partial charge on any atom is 0.305 e. The fraction of sp³-hybridized carbons (Fsp3) is 0.417. The molecular weight excluding hydrogens is 284 g/mol. The quantitative estimate of drug-likeness (QED) is 0.574. The molecule has 1 aromatic carbocycles. The number of nitrogens with two attached hydrogens (primary N) is 1. The third-order valence-corrected chi connectivity index (χ3v) is 3.90. The Balaban J connectivity index is 2.64. The summed E-state index contributed by atoms with van der Waals surface area (Å²) in [6.07, 6.45) is 0.230. The van der Waals surface area contributed by atoms with Crippen LogP contribution in [0.25, 0.3) is 0 Å². The van der Waals surface area contributed by atoms with Crippen molar-refractivity contribution in [2.45, 2.75) is 12.8 Å². The molecule has 0 spiro atoms. The van der Waals surface area contributed by atoms with Crippen LogP contribution in [0.1, 0.15) is 12.8 Å². The van der Waals surface area contributed by atoms with Gasteiger partial charge in [-0.15, -0.1) is 0 Å². The molecule has 1 rings (SSSR count). The number of rotatable bonds is 7. The summed E-state index contributed by atoms with van der Waals surface area (Å²) in [5.74, 6) is -0.0894. The first kappa shape index (κ1) is 16.1. The van der Waals surface area contributed by atoms with Gasteiger partial charge in [0, 0.05) is 12.5 Å². The van der Waals surface area contributed by atoms with E-state index in [0.717, 1.165) is 0 Å². The van der Waals surface area contributed by atoms with Gasteiger partial charge in [-0.05, 0) is 18.6 Å². The van der Waals surface area contributed by atoms with Crippen LogP contribution in [-0.2, 0) is 19.6 Å². The van der Waals surface area contributed by atoms with E-state index < -0.39 is 16.0 Å². The maximum atomic E-state index is 11.8. The van der Waals surface area contributed by atoms with Crippen molar-refractivity contribution < 1.29 is 22.7 Å². The Bertz CT molecular complexity index is 571. The highest BCUT2D eigenvalue weighted by Gasteiger charge is 2.13. The van der Waals surface area contributed by atoms with Crippen LogP contribution in [0, 0.1) is 0 Å². The van der Waals surface area contributed by atoms with Gasteiger partial charge in [-0.25, -0.2) is 8.42 Å². The molecule has 0 aliphatic carbocycles. The van der Waals surface area contributed by atoms with Gasteiger partial charge in [0.05, 0.1) is 31.3 Å². The Kier molecular flexibility index (Phi) is 5.63. The lowest BCUT2D eigenvalue weighted by molar-refractivity contribution is -0.140. The molecule has 0 saturated carbocycles. The lowest BCUT2D eigenvalue weighted by Gasteiger charge is -2.11. The normalized spacial score (nSPS) is 10.9. The number of hydrogen-bond acceptors (Lipinski definition) is 6. The Labute approximate surface area is 118 Å². The highest BCUT2D eigenvalue weighted by molar-refractivity contribution is 7.92. The van der Waals surface area contributed by atoms with Gasteiger partial charge in [0.25, 0.3) is 0 Å². The van der Waals surface area contributed by atoms with Gasteiger partial charge >= 0.3 is 5.97 Å². The number of ether oxygens (including phenoxy) is 2. The van der Waals surface area contributed by atoms with E-state index in [9.17, 15) is 13.2 Å². The number of methoxy groups -OCH3 is 2. The lowest BCUT2D eigenvalue weighted by Crippen LogP contribution is -2.18. The van der Waals surface area contributed by atoms with Crippen LogP contribution >= 0.6 is 0 Å². The Morgan fingerprint density at radius 3 is 2.60 bits per heavy atom. The zero-order valence-corrected chi connectivity index (χ0v) is 12.2. The number of nitrogen functional groups attached to an aromatic ring is 1. The minimum Gasteiger partial charge on any atom is -0.497 e. The molecule has 0 aliphatic heterocycles. The standard InChI is InChI=1S/C12H18N2O5S/c1-18-9-5-6-11(10(13)8-9)14-20(16,17)7-3-4-12(15)19-2/h5-6,8,14H,3-4,7,13H2,1-2H3. The summed E-state index contributed by atoms with van der Waals surface area (Å²) in [7, 11) is -0.811. The molecule has 0 aromatic heterocycles. The van der Waals surface area contributed by atoms with E-state index in [1.165, 1.54) is 26.4 Å². The first-order chi connectivity index (χ1) is 9.38. The zero-order chi connectivity index (χ0) is 15.2. The highest BCUT2D eigenvalue weighted by Crippen LogP contribution is 2.25. The predicted molar refractivity (Wildman–Crippen MR) is 76.1 cm³/mol.